The zero-order valence-corrected chi connectivity index (χ0v) is 19.7. The first-order valence-corrected chi connectivity index (χ1v) is 10.9. The standard InChI is InChI=1S/C25H34O6/c1-9-12(3)22(28)30-19-20(27)24(6,7)18-16-14(5)11-15(26)17(18)25(16,8)21(19)31-23(29)13(4)10-2/h9-11,16-21,27H,1-8H3/b12-9+,13-10+. The van der Waals surface area contributed by atoms with Crippen molar-refractivity contribution in [1.29, 1.82) is 0 Å². The van der Waals surface area contributed by atoms with Gasteiger partial charge in [0.25, 0.3) is 0 Å². The maximum Gasteiger partial charge on any atom is 0.333 e. The van der Waals surface area contributed by atoms with Gasteiger partial charge in [0.15, 0.2) is 11.9 Å². The quantitative estimate of drug-likeness (QED) is 0.542. The Morgan fingerprint density at radius 1 is 1.00 bits per heavy atom. The van der Waals surface area contributed by atoms with Gasteiger partial charge in [0, 0.05) is 22.5 Å². The number of hydrogen-bond acceptors (Lipinski definition) is 6. The molecule has 0 heterocycles. The van der Waals surface area contributed by atoms with Crippen LogP contribution in [0.3, 0.4) is 0 Å². The number of carbonyl (C=O) groups excluding carboxylic acids is 3. The molecule has 0 aliphatic heterocycles. The smallest absolute Gasteiger partial charge is 0.333 e. The van der Waals surface area contributed by atoms with Gasteiger partial charge < -0.3 is 14.6 Å². The summed E-state index contributed by atoms with van der Waals surface area (Å²) in [6.45, 7) is 14.4. The minimum atomic E-state index is -1.11. The van der Waals surface area contributed by atoms with Gasteiger partial charge >= 0.3 is 11.9 Å². The van der Waals surface area contributed by atoms with E-state index < -0.39 is 47.0 Å². The molecule has 7 unspecified atom stereocenters. The monoisotopic (exact) mass is 430 g/mol. The molecule has 0 radical (unpaired) electrons. The van der Waals surface area contributed by atoms with Crippen molar-refractivity contribution in [3.8, 4) is 0 Å². The van der Waals surface area contributed by atoms with E-state index in [4.69, 9.17) is 9.47 Å². The highest BCUT2D eigenvalue weighted by molar-refractivity contribution is 5.97. The van der Waals surface area contributed by atoms with E-state index in [1.54, 1.807) is 45.9 Å². The van der Waals surface area contributed by atoms with Crippen LogP contribution in [0.15, 0.2) is 34.9 Å². The van der Waals surface area contributed by atoms with Gasteiger partial charge in [-0.05, 0) is 57.9 Å². The van der Waals surface area contributed by atoms with Crippen LogP contribution in [0.1, 0.15) is 55.4 Å². The molecule has 31 heavy (non-hydrogen) atoms. The first-order chi connectivity index (χ1) is 14.3. The van der Waals surface area contributed by atoms with Crippen molar-refractivity contribution in [3.63, 3.8) is 0 Å². The zero-order valence-electron chi connectivity index (χ0n) is 19.7. The molecule has 0 aromatic carbocycles. The molecule has 4 rings (SSSR count). The number of ketones is 1. The van der Waals surface area contributed by atoms with Gasteiger partial charge in [0.05, 0.1) is 0 Å². The van der Waals surface area contributed by atoms with Crippen molar-refractivity contribution in [1.82, 2.24) is 0 Å². The summed E-state index contributed by atoms with van der Waals surface area (Å²) in [7, 11) is 0. The molecule has 0 spiro atoms. The predicted molar refractivity (Wildman–Crippen MR) is 116 cm³/mol. The van der Waals surface area contributed by atoms with Crippen LogP contribution in [-0.4, -0.2) is 41.1 Å². The van der Waals surface area contributed by atoms with E-state index in [1.807, 2.05) is 27.7 Å². The third-order valence-corrected chi connectivity index (χ3v) is 8.06. The fourth-order valence-electron chi connectivity index (χ4n) is 6.04. The molecule has 170 valence electrons. The molecule has 6 nitrogen and oxygen atoms in total. The molecule has 4 bridgehead atoms. The number of ether oxygens (including phenoxy) is 2. The number of esters is 2. The Kier molecular flexibility index (Phi) is 5.85. The molecule has 0 aromatic rings. The molecule has 4 aliphatic rings. The Balaban J connectivity index is 2.17. The summed E-state index contributed by atoms with van der Waals surface area (Å²) < 4.78 is 11.8. The Labute approximate surface area is 184 Å². The fraction of sp³-hybridized carbons (Fsp3) is 0.640. The number of carbonyl (C=O) groups is 3. The molecule has 0 amide bonds. The number of fused-ring (bicyclic) bond motifs is 3. The summed E-state index contributed by atoms with van der Waals surface area (Å²) in [5.41, 5.74) is 0.227. The number of aliphatic hydroxyl groups is 1. The Morgan fingerprint density at radius 3 is 2.00 bits per heavy atom. The highest BCUT2D eigenvalue weighted by atomic mass is 16.6. The number of rotatable bonds is 4. The first-order valence-electron chi connectivity index (χ1n) is 10.9. The van der Waals surface area contributed by atoms with Crippen LogP contribution < -0.4 is 0 Å². The summed E-state index contributed by atoms with van der Waals surface area (Å²) in [6, 6.07) is 0. The molecule has 6 heteroatoms. The van der Waals surface area contributed by atoms with E-state index in [2.05, 4.69) is 0 Å². The predicted octanol–water partition coefficient (Wildman–Crippen LogP) is 3.54. The van der Waals surface area contributed by atoms with Crippen LogP contribution >= 0.6 is 0 Å². The molecule has 3 fully saturated rings. The average Bonchev–Trinajstić information content (AvgIpc) is 2.78. The Hall–Kier alpha value is -2.21. The van der Waals surface area contributed by atoms with Crippen LogP contribution in [0.2, 0.25) is 0 Å². The van der Waals surface area contributed by atoms with E-state index in [1.165, 1.54) is 0 Å². The molecule has 1 N–H and O–H groups in total. The summed E-state index contributed by atoms with van der Waals surface area (Å²) in [5.74, 6) is -1.73. The average molecular weight is 431 g/mol. The van der Waals surface area contributed by atoms with Crippen molar-refractivity contribution in [3.05, 3.63) is 34.9 Å². The second-order valence-electron chi connectivity index (χ2n) is 10.0. The normalized spacial score (nSPS) is 39.1. The van der Waals surface area contributed by atoms with E-state index >= 15 is 0 Å². The van der Waals surface area contributed by atoms with E-state index in [0.717, 1.165) is 5.57 Å². The van der Waals surface area contributed by atoms with Crippen molar-refractivity contribution in [2.45, 2.75) is 73.7 Å². The Bertz CT molecular complexity index is 907. The van der Waals surface area contributed by atoms with Gasteiger partial charge in [0.2, 0.25) is 0 Å². The van der Waals surface area contributed by atoms with Crippen molar-refractivity contribution >= 4 is 17.7 Å². The van der Waals surface area contributed by atoms with Gasteiger partial charge in [-0.1, -0.05) is 38.5 Å². The van der Waals surface area contributed by atoms with Crippen molar-refractivity contribution < 1.29 is 29.0 Å². The largest absolute Gasteiger partial charge is 0.454 e. The SMILES string of the molecule is C/C=C(\C)C(=O)OC1C(O)C(C)(C)C2C3C(=O)C=C(C)C2C3(C)C1OC(=O)/C(C)=C/C. The summed E-state index contributed by atoms with van der Waals surface area (Å²) in [6.07, 6.45) is 1.79. The fourth-order valence-corrected chi connectivity index (χ4v) is 6.04. The lowest BCUT2D eigenvalue weighted by atomic mass is 9.37. The van der Waals surface area contributed by atoms with Crippen molar-refractivity contribution in [2.75, 3.05) is 0 Å². The molecule has 0 saturated heterocycles. The van der Waals surface area contributed by atoms with Gasteiger partial charge in [0.1, 0.15) is 12.2 Å². The van der Waals surface area contributed by atoms with Crippen LogP contribution in [0.25, 0.3) is 0 Å². The highest BCUT2D eigenvalue weighted by Gasteiger charge is 2.76. The van der Waals surface area contributed by atoms with Crippen LogP contribution in [0.5, 0.6) is 0 Å². The molecular formula is C25H34O6. The summed E-state index contributed by atoms with van der Waals surface area (Å²) >= 11 is 0. The van der Waals surface area contributed by atoms with E-state index in [0.29, 0.717) is 11.1 Å². The van der Waals surface area contributed by atoms with Crippen molar-refractivity contribution in [2.24, 2.45) is 28.6 Å². The van der Waals surface area contributed by atoms with E-state index in [9.17, 15) is 19.5 Å². The molecule has 4 aliphatic carbocycles. The lowest BCUT2D eigenvalue weighted by Gasteiger charge is -2.65. The van der Waals surface area contributed by atoms with Gasteiger partial charge in [-0.25, -0.2) is 9.59 Å². The summed E-state index contributed by atoms with van der Waals surface area (Å²) in [5, 5.41) is 11.5. The minimum Gasteiger partial charge on any atom is -0.454 e. The van der Waals surface area contributed by atoms with Gasteiger partial charge in [-0.2, -0.15) is 0 Å². The second-order valence-corrected chi connectivity index (χ2v) is 10.0. The molecule has 7 atom stereocenters. The number of aliphatic hydroxyl groups excluding tert-OH is 1. The van der Waals surface area contributed by atoms with Crippen LogP contribution in [-0.2, 0) is 23.9 Å². The first kappa shape index (κ1) is 23.5. The zero-order chi connectivity index (χ0) is 23.5. The highest BCUT2D eigenvalue weighted by Crippen LogP contribution is 2.72. The third kappa shape index (κ3) is 3.22. The second kappa shape index (κ2) is 7.73. The molecular weight excluding hydrogens is 396 g/mol. The van der Waals surface area contributed by atoms with E-state index in [-0.39, 0.29) is 17.6 Å². The van der Waals surface area contributed by atoms with Crippen LogP contribution in [0.4, 0.5) is 0 Å². The summed E-state index contributed by atoms with van der Waals surface area (Å²) in [4.78, 5) is 38.6. The number of hydrogen-bond donors (Lipinski definition) is 1. The lowest BCUT2D eigenvalue weighted by Crippen LogP contribution is -2.68. The third-order valence-electron chi connectivity index (χ3n) is 8.06. The number of allylic oxidation sites excluding steroid dienone is 4. The topological polar surface area (TPSA) is 89.9 Å². The van der Waals surface area contributed by atoms with Gasteiger partial charge in [-0.3, -0.25) is 4.79 Å². The molecule has 3 saturated carbocycles. The molecule has 0 aromatic heterocycles. The minimum absolute atomic E-state index is 0.0202. The maximum atomic E-state index is 13.1. The Morgan fingerprint density at radius 2 is 1.52 bits per heavy atom. The maximum absolute atomic E-state index is 13.1. The van der Waals surface area contributed by atoms with Gasteiger partial charge in [-0.15, -0.1) is 0 Å². The van der Waals surface area contributed by atoms with Crippen LogP contribution in [0, 0.1) is 28.6 Å². The lowest BCUT2D eigenvalue weighted by molar-refractivity contribution is -0.212.